The maximum absolute atomic E-state index is 11.7. The zero-order valence-electron chi connectivity index (χ0n) is 14.8. The van der Waals surface area contributed by atoms with Crippen LogP contribution in [0.1, 0.15) is 31.4 Å². The number of nitrogens with two attached hydrogens (primary N) is 1. The van der Waals surface area contributed by atoms with E-state index in [-0.39, 0.29) is 0 Å². The number of rotatable bonds is 7. The first-order valence-electron chi connectivity index (χ1n) is 8.18. The van der Waals surface area contributed by atoms with Crippen molar-refractivity contribution < 1.29 is 14.6 Å². The largest absolute Gasteiger partial charge is 0.497 e. The van der Waals surface area contributed by atoms with Gasteiger partial charge in [0.15, 0.2) is 0 Å². The average molecular weight is 329 g/mol. The van der Waals surface area contributed by atoms with Gasteiger partial charge in [-0.05, 0) is 47.7 Å². The van der Waals surface area contributed by atoms with Crippen molar-refractivity contribution >= 4 is 0 Å². The molecule has 24 heavy (non-hydrogen) atoms. The fourth-order valence-corrected chi connectivity index (χ4v) is 2.99. The Hall–Kier alpha value is -2.04. The van der Waals surface area contributed by atoms with Crippen LogP contribution in [0.2, 0.25) is 0 Å². The maximum Gasteiger partial charge on any atom is 0.130 e. The van der Waals surface area contributed by atoms with E-state index in [2.05, 4.69) is 13.8 Å². The molecule has 0 amide bonds. The lowest BCUT2D eigenvalue weighted by molar-refractivity contribution is 0.0438. The molecule has 0 aliphatic heterocycles. The van der Waals surface area contributed by atoms with Gasteiger partial charge in [-0.15, -0.1) is 0 Å². The van der Waals surface area contributed by atoms with E-state index >= 15 is 0 Å². The highest BCUT2D eigenvalue weighted by Gasteiger charge is 2.39. The van der Waals surface area contributed by atoms with E-state index in [0.29, 0.717) is 35.0 Å². The molecule has 0 aliphatic carbocycles. The van der Waals surface area contributed by atoms with Gasteiger partial charge in [0.05, 0.1) is 14.2 Å². The Morgan fingerprint density at radius 1 is 0.958 bits per heavy atom. The van der Waals surface area contributed by atoms with Gasteiger partial charge in [-0.3, -0.25) is 0 Å². The molecule has 0 radical (unpaired) electrons. The zero-order chi connectivity index (χ0) is 17.7. The fraction of sp³-hybridized carbons (Fsp3) is 0.400. The lowest BCUT2D eigenvalue weighted by Crippen LogP contribution is -2.47. The van der Waals surface area contributed by atoms with Crippen molar-refractivity contribution in [3.63, 3.8) is 0 Å². The van der Waals surface area contributed by atoms with Crippen molar-refractivity contribution in [3.05, 3.63) is 59.7 Å². The summed E-state index contributed by atoms with van der Waals surface area (Å²) in [5.41, 5.74) is 6.57. The van der Waals surface area contributed by atoms with Crippen molar-refractivity contribution in [2.24, 2.45) is 11.7 Å². The van der Waals surface area contributed by atoms with E-state index < -0.39 is 11.6 Å². The minimum atomic E-state index is -1.33. The van der Waals surface area contributed by atoms with Crippen molar-refractivity contribution in [2.45, 2.75) is 31.9 Å². The molecule has 4 nitrogen and oxygen atoms in total. The number of methoxy groups -OCH3 is 2. The monoisotopic (exact) mass is 329 g/mol. The number of hydrogen-bond acceptors (Lipinski definition) is 4. The van der Waals surface area contributed by atoms with Gasteiger partial charge in [0, 0.05) is 6.04 Å². The molecule has 1 atom stereocenters. The molecule has 2 rings (SSSR count). The summed E-state index contributed by atoms with van der Waals surface area (Å²) in [7, 11) is 3.22. The van der Waals surface area contributed by atoms with E-state index in [1.165, 1.54) is 0 Å². The number of benzene rings is 2. The Labute approximate surface area is 144 Å². The van der Waals surface area contributed by atoms with Gasteiger partial charge >= 0.3 is 0 Å². The molecule has 0 bridgehead atoms. The normalized spacial score (nSPS) is 13.0. The Balaban J connectivity index is 2.59. The quantitative estimate of drug-likeness (QED) is 0.818. The molecule has 0 unspecified atom stereocenters. The summed E-state index contributed by atoms with van der Waals surface area (Å²) in [5.74, 6) is 1.74. The van der Waals surface area contributed by atoms with Crippen LogP contribution >= 0.6 is 0 Å². The number of ether oxygens (including phenoxy) is 2. The van der Waals surface area contributed by atoms with Crippen LogP contribution in [0.25, 0.3) is 0 Å². The molecule has 0 saturated carbocycles. The summed E-state index contributed by atoms with van der Waals surface area (Å²) >= 11 is 0. The van der Waals surface area contributed by atoms with Crippen molar-refractivity contribution in [1.29, 1.82) is 0 Å². The van der Waals surface area contributed by atoms with Crippen LogP contribution in [-0.4, -0.2) is 25.4 Å². The molecule has 0 spiro atoms. The standard InChI is InChI=1S/C20H27NO3/c1-14(2)11-19(21)20(22,15-7-5-9-17(12-15)23-3)16-8-6-10-18(13-16)24-4/h5-10,12-14,19,22H,11,21H2,1-4H3/t19-/m1/s1. The molecule has 4 heteroatoms. The van der Waals surface area contributed by atoms with E-state index in [1.807, 2.05) is 48.5 Å². The first-order chi connectivity index (χ1) is 11.4. The van der Waals surface area contributed by atoms with Gasteiger partial charge in [-0.2, -0.15) is 0 Å². The van der Waals surface area contributed by atoms with Gasteiger partial charge in [-0.25, -0.2) is 0 Å². The van der Waals surface area contributed by atoms with Gasteiger partial charge in [0.1, 0.15) is 17.1 Å². The molecule has 130 valence electrons. The maximum atomic E-state index is 11.7. The molecule has 0 saturated heterocycles. The molecular formula is C20H27NO3. The Morgan fingerprint density at radius 2 is 1.42 bits per heavy atom. The topological polar surface area (TPSA) is 64.7 Å². The third kappa shape index (κ3) is 3.71. The summed E-state index contributed by atoms with van der Waals surface area (Å²) < 4.78 is 10.6. The predicted molar refractivity (Wildman–Crippen MR) is 96.4 cm³/mol. The van der Waals surface area contributed by atoms with E-state index in [1.54, 1.807) is 14.2 Å². The molecule has 0 aromatic heterocycles. The minimum Gasteiger partial charge on any atom is -0.497 e. The van der Waals surface area contributed by atoms with E-state index in [4.69, 9.17) is 15.2 Å². The number of aliphatic hydroxyl groups is 1. The van der Waals surface area contributed by atoms with Crippen molar-refractivity contribution in [3.8, 4) is 11.5 Å². The second-order valence-electron chi connectivity index (χ2n) is 6.47. The minimum absolute atomic E-state index is 0.364. The first kappa shape index (κ1) is 18.3. The summed E-state index contributed by atoms with van der Waals surface area (Å²) in [6.07, 6.45) is 0.685. The third-order valence-electron chi connectivity index (χ3n) is 4.28. The van der Waals surface area contributed by atoms with Crippen molar-refractivity contribution in [2.75, 3.05) is 14.2 Å². The molecule has 2 aromatic carbocycles. The van der Waals surface area contributed by atoms with Crippen molar-refractivity contribution in [1.82, 2.24) is 0 Å². The Bertz CT molecular complexity index is 622. The molecule has 0 fully saturated rings. The van der Waals surface area contributed by atoms with Crippen LogP contribution in [0.4, 0.5) is 0 Å². The second-order valence-corrected chi connectivity index (χ2v) is 6.47. The summed E-state index contributed by atoms with van der Waals surface area (Å²) in [4.78, 5) is 0. The van der Waals surface area contributed by atoms with Crippen LogP contribution in [0, 0.1) is 5.92 Å². The first-order valence-corrected chi connectivity index (χ1v) is 8.18. The highest BCUT2D eigenvalue weighted by molar-refractivity contribution is 5.44. The lowest BCUT2D eigenvalue weighted by atomic mass is 9.77. The second kappa shape index (κ2) is 7.69. The van der Waals surface area contributed by atoms with Gasteiger partial charge < -0.3 is 20.3 Å². The molecule has 3 N–H and O–H groups in total. The van der Waals surface area contributed by atoms with Crippen LogP contribution in [0.5, 0.6) is 11.5 Å². The molecular weight excluding hydrogens is 302 g/mol. The van der Waals surface area contributed by atoms with Crippen LogP contribution in [-0.2, 0) is 5.60 Å². The summed E-state index contributed by atoms with van der Waals surface area (Å²) in [5, 5.41) is 11.7. The van der Waals surface area contributed by atoms with Gasteiger partial charge in [0.25, 0.3) is 0 Å². The molecule has 2 aromatic rings. The molecule has 0 heterocycles. The van der Waals surface area contributed by atoms with Gasteiger partial charge in [0.2, 0.25) is 0 Å². The highest BCUT2D eigenvalue weighted by Crippen LogP contribution is 2.37. The summed E-state index contributed by atoms with van der Waals surface area (Å²) in [6.45, 7) is 4.19. The summed E-state index contributed by atoms with van der Waals surface area (Å²) in [6, 6.07) is 14.4. The SMILES string of the molecule is COc1cccc(C(O)(c2cccc(OC)c2)[C@H](N)CC(C)C)c1. The zero-order valence-corrected chi connectivity index (χ0v) is 14.8. The smallest absolute Gasteiger partial charge is 0.130 e. The Kier molecular flexibility index (Phi) is 5.86. The third-order valence-corrected chi connectivity index (χ3v) is 4.28. The van der Waals surface area contributed by atoms with Gasteiger partial charge in [-0.1, -0.05) is 38.1 Å². The van der Waals surface area contributed by atoms with E-state index in [0.717, 1.165) is 0 Å². The highest BCUT2D eigenvalue weighted by atomic mass is 16.5. The fourth-order valence-electron chi connectivity index (χ4n) is 2.99. The average Bonchev–Trinajstić information content (AvgIpc) is 2.60. The Morgan fingerprint density at radius 3 is 1.79 bits per heavy atom. The van der Waals surface area contributed by atoms with E-state index in [9.17, 15) is 5.11 Å². The number of hydrogen-bond donors (Lipinski definition) is 2. The molecule has 0 aliphatic rings. The lowest BCUT2D eigenvalue weighted by Gasteiger charge is -2.36. The van der Waals surface area contributed by atoms with Crippen LogP contribution < -0.4 is 15.2 Å². The van der Waals surface area contributed by atoms with Crippen LogP contribution in [0.3, 0.4) is 0 Å². The van der Waals surface area contributed by atoms with Crippen LogP contribution in [0.15, 0.2) is 48.5 Å². The predicted octanol–water partition coefficient (Wildman–Crippen LogP) is 3.31.